The van der Waals surface area contributed by atoms with Gasteiger partial charge >= 0.3 is 0 Å². The van der Waals surface area contributed by atoms with Crippen molar-refractivity contribution in [2.45, 2.75) is 47.0 Å². The fourth-order valence-corrected chi connectivity index (χ4v) is 4.98. The molecule has 0 aliphatic heterocycles. The van der Waals surface area contributed by atoms with Gasteiger partial charge < -0.3 is 9.80 Å². The molecule has 1 aliphatic carbocycles. The summed E-state index contributed by atoms with van der Waals surface area (Å²) in [7, 11) is 0. The third-order valence-corrected chi connectivity index (χ3v) is 7.11. The van der Waals surface area contributed by atoms with E-state index in [1.165, 1.54) is 22.4 Å². The Morgan fingerprint density at radius 3 is 1.98 bits per heavy atom. The maximum atomic E-state index is 4.47. The molecular formula is C39H42N2. The fraction of sp³-hybridized carbons (Fsp3) is 0.179. The molecule has 2 nitrogen and oxygen atoms in total. The number of anilines is 3. The van der Waals surface area contributed by atoms with E-state index in [0.717, 1.165) is 47.7 Å². The van der Waals surface area contributed by atoms with Gasteiger partial charge in [0, 0.05) is 34.2 Å². The minimum atomic E-state index is 0.821. The second-order valence-electron chi connectivity index (χ2n) is 10.3. The predicted octanol–water partition coefficient (Wildman–Crippen LogP) is 11.0. The lowest BCUT2D eigenvalue weighted by atomic mass is 10.1. The zero-order chi connectivity index (χ0) is 29.0. The summed E-state index contributed by atoms with van der Waals surface area (Å²) in [5.74, 6) is 0. The molecule has 0 spiro atoms. The van der Waals surface area contributed by atoms with E-state index < -0.39 is 0 Å². The lowest BCUT2D eigenvalue weighted by molar-refractivity contribution is 0.987. The molecule has 0 fully saturated rings. The quantitative estimate of drug-likeness (QED) is 0.224. The van der Waals surface area contributed by atoms with Crippen LogP contribution < -0.4 is 9.80 Å². The Bertz CT molecular complexity index is 1510. The van der Waals surface area contributed by atoms with Gasteiger partial charge in [-0.3, -0.25) is 0 Å². The van der Waals surface area contributed by atoms with E-state index in [0.29, 0.717) is 0 Å². The van der Waals surface area contributed by atoms with E-state index in [-0.39, 0.29) is 0 Å². The van der Waals surface area contributed by atoms with Gasteiger partial charge in [0.15, 0.2) is 0 Å². The molecule has 0 saturated heterocycles. The van der Waals surface area contributed by atoms with E-state index >= 15 is 0 Å². The molecule has 0 radical (unpaired) electrons. The zero-order valence-corrected chi connectivity index (χ0v) is 24.9. The number of benzene rings is 3. The molecule has 0 amide bonds. The molecule has 41 heavy (non-hydrogen) atoms. The molecule has 1 aliphatic rings. The fourth-order valence-electron chi connectivity index (χ4n) is 4.98. The maximum Gasteiger partial charge on any atom is 0.0464 e. The van der Waals surface area contributed by atoms with Crippen molar-refractivity contribution in [3.05, 3.63) is 174 Å². The van der Waals surface area contributed by atoms with Crippen molar-refractivity contribution >= 4 is 17.1 Å². The van der Waals surface area contributed by atoms with Crippen molar-refractivity contribution in [3.63, 3.8) is 0 Å². The number of allylic oxidation sites excluding steroid dienone is 10. The molecule has 0 atom stereocenters. The van der Waals surface area contributed by atoms with E-state index in [1.807, 2.05) is 0 Å². The summed E-state index contributed by atoms with van der Waals surface area (Å²) in [6.07, 6.45) is 22.8. The van der Waals surface area contributed by atoms with Crippen molar-refractivity contribution in [1.82, 2.24) is 0 Å². The van der Waals surface area contributed by atoms with Crippen molar-refractivity contribution in [3.8, 4) is 0 Å². The van der Waals surface area contributed by atoms with E-state index in [9.17, 15) is 0 Å². The van der Waals surface area contributed by atoms with Crippen LogP contribution in [0.1, 0.15) is 44.2 Å². The summed E-state index contributed by atoms with van der Waals surface area (Å²) in [5, 5.41) is 0. The first-order valence-electron chi connectivity index (χ1n) is 14.5. The highest BCUT2D eigenvalue weighted by molar-refractivity contribution is 5.70. The second kappa shape index (κ2) is 14.7. The Kier molecular flexibility index (Phi) is 10.6. The average molecular weight is 539 g/mol. The third-order valence-electron chi connectivity index (χ3n) is 7.11. The molecule has 0 aromatic heterocycles. The van der Waals surface area contributed by atoms with Gasteiger partial charge in [0.05, 0.1) is 0 Å². The molecular weight excluding hydrogens is 496 g/mol. The van der Waals surface area contributed by atoms with Gasteiger partial charge in [0.25, 0.3) is 0 Å². The smallest absolute Gasteiger partial charge is 0.0464 e. The van der Waals surface area contributed by atoms with Gasteiger partial charge in [-0.25, -0.2) is 0 Å². The Balaban J connectivity index is 1.52. The van der Waals surface area contributed by atoms with Gasteiger partial charge in [-0.2, -0.15) is 0 Å². The number of nitrogens with zero attached hydrogens (tertiary/aromatic N) is 2. The van der Waals surface area contributed by atoms with Crippen LogP contribution in [0.25, 0.3) is 0 Å². The number of rotatable bonds is 11. The van der Waals surface area contributed by atoms with Gasteiger partial charge in [0.1, 0.15) is 0 Å². The molecule has 0 heterocycles. The standard InChI is InChI=1S/C39H42N2/c1-6-34(28-27-33(5)40(36-20-10-8-11-21-36)38-25-14-17-31(3)29-38)19-16-24-35(7-2)41(37-22-12-9-13-23-37)39-26-15-18-32(4)30-39/h6-7,9-10,12-18,20-30H,5,8,11,19H2,1-4H3/b24-16-,28-27-,34-6-,35-7+. The van der Waals surface area contributed by atoms with Crippen molar-refractivity contribution in [2.24, 2.45) is 0 Å². The summed E-state index contributed by atoms with van der Waals surface area (Å²) < 4.78 is 0. The highest BCUT2D eigenvalue weighted by atomic mass is 15.2. The number of aryl methyl sites for hydroxylation is 2. The van der Waals surface area contributed by atoms with Gasteiger partial charge in [0.2, 0.25) is 0 Å². The lowest BCUT2D eigenvalue weighted by Crippen LogP contribution is -2.20. The molecule has 208 valence electrons. The van der Waals surface area contributed by atoms with Crippen LogP contribution >= 0.6 is 0 Å². The molecule has 3 aromatic rings. The molecule has 3 aromatic carbocycles. The number of hydrogen-bond acceptors (Lipinski definition) is 2. The molecule has 0 unspecified atom stereocenters. The minimum Gasteiger partial charge on any atom is -0.311 e. The van der Waals surface area contributed by atoms with Crippen LogP contribution in [-0.2, 0) is 0 Å². The average Bonchev–Trinajstić information content (AvgIpc) is 2.99. The lowest BCUT2D eigenvalue weighted by Gasteiger charge is -2.28. The van der Waals surface area contributed by atoms with Crippen LogP contribution in [0.5, 0.6) is 0 Å². The summed E-state index contributed by atoms with van der Waals surface area (Å²) in [6, 6.07) is 27.8. The molecule has 0 saturated carbocycles. The third kappa shape index (κ3) is 7.99. The first-order valence-corrected chi connectivity index (χ1v) is 14.5. The molecule has 4 rings (SSSR count). The summed E-state index contributed by atoms with van der Waals surface area (Å²) >= 11 is 0. The van der Waals surface area contributed by atoms with Crippen LogP contribution in [-0.4, -0.2) is 0 Å². The Hall–Kier alpha value is -4.56. The van der Waals surface area contributed by atoms with Crippen LogP contribution in [0.3, 0.4) is 0 Å². The predicted molar refractivity (Wildman–Crippen MR) is 179 cm³/mol. The zero-order valence-electron chi connectivity index (χ0n) is 24.9. The molecule has 0 N–H and O–H groups in total. The highest BCUT2D eigenvalue weighted by Gasteiger charge is 2.14. The van der Waals surface area contributed by atoms with Gasteiger partial charge in [-0.1, -0.05) is 85.5 Å². The van der Waals surface area contributed by atoms with Crippen molar-refractivity contribution in [2.75, 3.05) is 9.80 Å². The van der Waals surface area contributed by atoms with Crippen LogP contribution in [0.15, 0.2) is 163 Å². The Morgan fingerprint density at radius 1 is 0.732 bits per heavy atom. The van der Waals surface area contributed by atoms with Crippen molar-refractivity contribution in [1.29, 1.82) is 0 Å². The Labute approximate surface area is 247 Å². The van der Waals surface area contributed by atoms with Gasteiger partial charge in [-0.15, -0.1) is 0 Å². The normalized spacial score (nSPS) is 14.0. The van der Waals surface area contributed by atoms with Crippen molar-refractivity contribution < 1.29 is 0 Å². The summed E-state index contributed by atoms with van der Waals surface area (Å²) in [4.78, 5) is 4.56. The highest BCUT2D eigenvalue weighted by Crippen LogP contribution is 2.31. The maximum absolute atomic E-state index is 4.47. The summed E-state index contributed by atoms with van der Waals surface area (Å²) in [5.41, 5.74) is 10.4. The minimum absolute atomic E-state index is 0.821. The number of hydrogen-bond donors (Lipinski definition) is 0. The monoisotopic (exact) mass is 538 g/mol. The van der Waals surface area contributed by atoms with E-state index in [2.05, 4.69) is 178 Å². The second-order valence-corrected chi connectivity index (χ2v) is 10.3. The molecule has 0 bridgehead atoms. The van der Waals surface area contributed by atoms with Gasteiger partial charge in [-0.05, 0) is 118 Å². The Morgan fingerprint density at radius 2 is 1.39 bits per heavy atom. The van der Waals surface area contributed by atoms with E-state index in [4.69, 9.17) is 0 Å². The first kappa shape index (κ1) is 29.4. The number of para-hydroxylation sites is 1. The van der Waals surface area contributed by atoms with Crippen LogP contribution in [0.2, 0.25) is 0 Å². The topological polar surface area (TPSA) is 6.48 Å². The van der Waals surface area contributed by atoms with Crippen LogP contribution in [0.4, 0.5) is 17.1 Å². The van der Waals surface area contributed by atoms with E-state index in [1.54, 1.807) is 0 Å². The largest absolute Gasteiger partial charge is 0.311 e. The first-order chi connectivity index (χ1) is 20.0. The summed E-state index contributed by atoms with van der Waals surface area (Å²) in [6.45, 7) is 12.9. The molecule has 2 heteroatoms. The SMILES string of the molecule is C=C(/C=C\C(=C/C)C/C=C\C(=C/C)N(c1ccccc1)c1cccc(C)c1)N(C1=CCCC=C1)c1cccc(C)c1. The van der Waals surface area contributed by atoms with Crippen LogP contribution in [0, 0.1) is 13.8 Å².